The van der Waals surface area contributed by atoms with Crippen molar-refractivity contribution in [3.05, 3.63) is 11.7 Å². The van der Waals surface area contributed by atoms with Gasteiger partial charge in [-0.25, -0.2) is 0 Å². The normalized spacial score (nSPS) is 15.0. The monoisotopic (exact) mass is 227 g/mol. The van der Waals surface area contributed by atoms with E-state index < -0.39 is 0 Å². The number of methoxy groups -OCH3 is 1. The number of hydrogen-bond donors (Lipinski definition) is 1. The highest BCUT2D eigenvalue weighted by Gasteiger charge is 2.18. The van der Waals surface area contributed by atoms with Crippen LogP contribution in [0, 0.1) is 0 Å². The van der Waals surface area contributed by atoms with Crippen LogP contribution in [0.5, 0.6) is 0 Å². The smallest absolute Gasteiger partial charge is 0.229 e. The standard InChI is InChI=1S/C11H21N3O2/c1-4-9(15-3)10-13-11(16-14-10)8(2)6-5-7-12/h8-9H,4-7,12H2,1-3H3. The maximum absolute atomic E-state index is 5.46. The first-order valence-electron chi connectivity index (χ1n) is 5.79. The second-order valence-electron chi connectivity index (χ2n) is 3.96. The Kier molecular flexibility index (Phi) is 5.42. The van der Waals surface area contributed by atoms with Gasteiger partial charge in [-0.1, -0.05) is 19.0 Å². The molecule has 5 heteroatoms. The van der Waals surface area contributed by atoms with Crippen molar-refractivity contribution in [1.29, 1.82) is 0 Å². The van der Waals surface area contributed by atoms with Gasteiger partial charge in [0.2, 0.25) is 11.7 Å². The lowest BCUT2D eigenvalue weighted by atomic mass is 10.1. The van der Waals surface area contributed by atoms with Crippen LogP contribution in [-0.2, 0) is 4.74 Å². The van der Waals surface area contributed by atoms with E-state index in [4.69, 9.17) is 15.0 Å². The molecule has 0 aliphatic carbocycles. The van der Waals surface area contributed by atoms with E-state index in [2.05, 4.69) is 17.1 Å². The second-order valence-corrected chi connectivity index (χ2v) is 3.96. The lowest BCUT2D eigenvalue weighted by Gasteiger charge is -2.06. The Bertz CT molecular complexity index is 297. The van der Waals surface area contributed by atoms with E-state index in [9.17, 15) is 0 Å². The topological polar surface area (TPSA) is 74.2 Å². The number of nitrogens with zero attached hydrogens (tertiary/aromatic N) is 2. The van der Waals surface area contributed by atoms with Crippen molar-refractivity contribution in [2.45, 2.75) is 45.1 Å². The van der Waals surface area contributed by atoms with Gasteiger partial charge in [0.05, 0.1) is 0 Å². The molecule has 0 radical (unpaired) electrons. The largest absolute Gasteiger partial charge is 0.373 e. The average molecular weight is 227 g/mol. The first-order valence-corrected chi connectivity index (χ1v) is 5.79. The molecule has 2 unspecified atom stereocenters. The molecule has 0 bridgehead atoms. The quantitative estimate of drug-likeness (QED) is 0.771. The lowest BCUT2D eigenvalue weighted by Crippen LogP contribution is -2.04. The molecule has 5 nitrogen and oxygen atoms in total. The van der Waals surface area contributed by atoms with Crippen LogP contribution in [0.1, 0.15) is 56.8 Å². The van der Waals surface area contributed by atoms with E-state index in [0.29, 0.717) is 18.3 Å². The average Bonchev–Trinajstić information content (AvgIpc) is 2.77. The minimum absolute atomic E-state index is 0.0702. The third-order valence-corrected chi connectivity index (χ3v) is 2.66. The van der Waals surface area contributed by atoms with Gasteiger partial charge in [0.1, 0.15) is 6.10 Å². The molecule has 1 rings (SSSR count). The molecule has 0 spiro atoms. The lowest BCUT2D eigenvalue weighted by molar-refractivity contribution is 0.0903. The molecular formula is C11H21N3O2. The first-order chi connectivity index (χ1) is 7.72. The minimum Gasteiger partial charge on any atom is -0.373 e. The maximum atomic E-state index is 5.46. The van der Waals surface area contributed by atoms with E-state index in [0.717, 1.165) is 19.3 Å². The van der Waals surface area contributed by atoms with Crippen LogP contribution in [0.4, 0.5) is 0 Å². The number of ether oxygens (including phenoxy) is 1. The van der Waals surface area contributed by atoms with Crippen molar-refractivity contribution in [2.24, 2.45) is 5.73 Å². The Morgan fingerprint density at radius 3 is 2.81 bits per heavy atom. The van der Waals surface area contributed by atoms with Gasteiger partial charge in [-0.2, -0.15) is 4.98 Å². The molecule has 0 amide bonds. The number of hydrogen-bond acceptors (Lipinski definition) is 5. The van der Waals surface area contributed by atoms with Crippen molar-refractivity contribution in [3.8, 4) is 0 Å². The van der Waals surface area contributed by atoms with Gasteiger partial charge in [0.25, 0.3) is 0 Å². The van der Waals surface area contributed by atoms with Crippen molar-refractivity contribution in [3.63, 3.8) is 0 Å². The van der Waals surface area contributed by atoms with Crippen LogP contribution in [0.2, 0.25) is 0 Å². The van der Waals surface area contributed by atoms with Gasteiger partial charge < -0.3 is 15.0 Å². The molecule has 92 valence electrons. The molecule has 1 heterocycles. The van der Waals surface area contributed by atoms with Crippen LogP contribution in [0.3, 0.4) is 0 Å². The van der Waals surface area contributed by atoms with Gasteiger partial charge in [0, 0.05) is 13.0 Å². The highest BCUT2D eigenvalue weighted by atomic mass is 16.5. The summed E-state index contributed by atoms with van der Waals surface area (Å²) in [5.41, 5.74) is 5.46. The molecule has 0 saturated carbocycles. The number of rotatable bonds is 7. The molecule has 2 atom stereocenters. The molecule has 0 aliphatic rings. The van der Waals surface area contributed by atoms with E-state index in [1.165, 1.54) is 0 Å². The molecular weight excluding hydrogens is 206 g/mol. The first kappa shape index (κ1) is 13.1. The predicted octanol–water partition coefficient (Wildman–Crippen LogP) is 2.01. The summed E-state index contributed by atoms with van der Waals surface area (Å²) in [5.74, 6) is 1.58. The summed E-state index contributed by atoms with van der Waals surface area (Å²) in [6, 6.07) is 0. The summed E-state index contributed by atoms with van der Waals surface area (Å²) >= 11 is 0. The molecule has 1 aromatic rings. The molecule has 0 saturated heterocycles. The van der Waals surface area contributed by atoms with Gasteiger partial charge in [-0.15, -0.1) is 0 Å². The fraction of sp³-hybridized carbons (Fsp3) is 0.818. The van der Waals surface area contributed by atoms with Crippen molar-refractivity contribution in [1.82, 2.24) is 10.1 Å². The zero-order chi connectivity index (χ0) is 12.0. The van der Waals surface area contributed by atoms with Crippen LogP contribution in [0.15, 0.2) is 4.52 Å². The molecule has 2 N–H and O–H groups in total. The van der Waals surface area contributed by atoms with Crippen molar-refractivity contribution < 1.29 is 9.26 Å². The van der Waals surface area contributed by atoms with Crippen LogP contribution in [-0.4, -0.2) is 23.8 Å². The maximum Gasteiger partial charge on any atom is 0.229 e. The minimum atomic E-state index is -0.0702. The Balaban J connectivity index is 2.62. The van der Waals surface area contributed by atoms with E-state index in [1.807, 2.05) is 6.92 Å². The van der Waals surface area contributed by atoms with E-state index >= 15 is 0 Å². The van der Waals surface area contributed by atoms with Crippen LogP contribution >= 0.6 is 0 Å². The number of nitrogens with two attached hydrogens (primary N) is 1. The Morgan fingerprint density at radius 1 is 1.50 bits per heavy atom. The zero-order valence-corrected chi connectivity index (χ0v) is 10.3. The molecule has 0 aromatic carbocycles. The van der Waals surface area contributed by atoms with Gasteiger partial charge >= 0.3 is 0 Å². The Hall–Kier alpha value is -0.940. The summed E-state index contributed by atoms with van der Waals surface area (Å²) < 4.78 is 10.5. The molecule has 0 aliphatic heterocycles. The molecule has 1 aromatic heterocycles. The Labute approximate surface area is 96.4 Å². The summed E-state index contributed by atoms with van der Waals surface area (Å²) in [5, 5.41) is 3.94. The van der Waals surface area contributed by atoms with Crippen LogP contribution < -0.4 is 5.73 Å². The van der Waals surface area contributed by atoms with Gasteiger partial charge in [-0.3, -0.25) is 0 Å². The van der Waals surface area contributed by atoms with Crippen molar-refractivity contribution >= 4 is 0 Å². The van der Waals surface area contributed by atoms with E-state index in [1.54, 1.807) is 7.11 Å². The Morgan fingerprint density at radius 2 is 2.25 bits per heavy atom. The van der Waals surface area contributed by atoms with Gasteiger partial charge in [-0.05, 0) is 25.8 Å². The third-order valence-electron chi connectivity index (χ3n) is 2.66. The highest BCUT2D eigenvalue weighted by Crippen LogP contribution is 2.22. The summed E-state index contributed by atoms with van der Waals surface area (Å²) in [6.07, 6.45) is 2.72. The predicted molar refractivity (Wildman–Crippen MR) is 61.0 cm³/mol. The highest BCUT2D eigenvalue weighted by molar-refractivity contribution is 4.95. The molecule has 16 heavy (non-hydrogen) atoms. The second kappa shape index (κ2) is 6.60. The van der Waals surface area contributed by atoms with E-state index in [-0.39, 0.29) is 12.0 Å². The SMILES string of the molecule is CCC(OC)c1noc(C(C)CCCN)n1. The number of aromatic nitrogens is 2. The third kappa shape index (κ3) is 3.28. The summed E-state index contributed by atoms with van der Waals surface area (Å²) in [4.78, 5) is 4.36. The molecule has 0 fully saturated rings. The summed E-state index contributed by atoms with van der Waals surface area (Å²) in [6.45, 7) is 4.80. The fourth-order valence-corrected chi connectivity index (χ4v) is 1.58. The summed E-state index contributed by atoms with van der Waals surface area (Å²) in [7, 11) is 1.65. The van der Waals surface area contributed by atoms with Crippen LogP contribution in [0.25, 0.3) is 0 Å². The van der Waals surface area contributed by atoms with Gasteiger partial charge in [0.15, 0.2) is 0 Å². The zero-order valence-electron chi connectivity index (χ0n) is 10.3. The van der Waals surface area contributed by atoms with Crippen molar-refractivity contribution in [2.75, 3.05) is 13.7 Å². The fourth-order valence-electron chi connectivity index (χ4n) is 1.58.